The predicted molar refractivity (Wildman–Crippen MR) is 34.6 cm³/mol. The molecule has 1 saturated heterocycles. The highest BCUT2D eigenvalue weighted by atomic mass is 35.5. The van der Waals surface area contributed by atoms with Gasteiger partial charge in [-0.1, -0.05) is 34.8 Å². The normalized spacial score (nSPS) is 35.6. The molecule has 1 heterocycles. The lowest BCUT2D eigenvalue weighted by molar-refractivity contribution is 0.166. The van der Waals surface area contributed by atoms with Gasteiger partial charge in [0.05, 0.1) is 6.61 Å². The van der Waals surface area contributed by atoms with Gasteiger partial charge in [-0.3, -0.25) is 0 Å². The number of alkyl halides is 3. The molecule has 0 bridgehead atoms. The van der Waals surface area contributed by atoms with Crippen LogP contribution < -0.4 is 0 Å². The highest BCUT2D eigenvalue weighted by molar-refractivity contribution is 6.52. The average molecular weight is 175 g/mol. The molecule has 0 N–H and O–H groups in total. The van der Waals surface area contributed by atoms with E-state index >= 15 is 0 Å². The van der Waals surface area contributed by atoms with Gasteiger partial charge in [-0.25, -0.2) is 0 Å². The van der Waals surface area contributed by atoms with E-state index in [1.54, 1.807) is 0 Å². The Morgan fingerprint density at radius 3 is 2.25 bits per heavy atom. The Morgan fingerprint density at radius 1 is 1.50 bits per heavy atom. The minimum atomic E-state index is -0.860. The van der Waals surface area contributed by atoms with Crippen molar-refractivity contribution in [2.24, 2.45) is 0 Å². The van der Waals surface area contributed by atoms with Gasteiger partial charge >= 0.3 is 0 Å². The Hall–Kier alpha value is 0.830. The Bertz CT molecular complexity index is 93.3. The van der Waals surface area contributed by atoms with E-state index in [4.69, 9.17) is 39.5 Å². The summed E-state index contributed by atoms with van der Waals surface area (Å²) in [6.07, 6.45) is 0.615. The van der Waals surface area contributed by atoms with Crippen molar-refractivity contribution in [1.82, 2.24) is 0 Å². The summed E-state index contributed by atoms with van der Waals surface area (Å²) in [5.74, 6) is 0. The molecule has 1 nitrogen and oxygen atoms in total. The molecule has 4 heteroatoms. The second-order valence-corrected chi connectivity index (χ2v) is 3.64. The molecular weight excluding hydrogens is 170 g/mol. The van der Waals surface area contributed by atoms with Gasteiger partial charge in [0.25, 0.3) is 0 Å². The quantitative estimate of drug-likeness (QED) is 0.513. The van der Waals surface area contributed by atoms with E-state index in [0.717, 1.165) is 0 Å². The van der Waals surface area contributed by atoms with Crippen molar-refractivity contribution in [3.8, 4) is 0 Å². The number of hydrogen-bond acceptors (Lipinski definition) is 1. The second-order valence-electron chi connectivity index (χ2n) is 1.70. The van der Waals surface area contributed by atoms with Gasteiger partial charge in [0.1, 0.15) is 0 Å². The van der Waals surface area contributed by atoms with Crippen molar-refractivity contribution in [1.29, 1.82) is 0 Å². The van der Waals surface area contributed by atoms with Gasteiger partial charge in [0.2, 0.25) is 0 Å². The third-order valence-electron chi connectivity index (χ3n) is 1.03. The van der Waals surface area contributed by atoms with Crippen LogP contribution in [0.4, 0.5) is 0 Å². The van der Waals surface area contributed by atoms with Crippen molar-refractivity contribution in [3.63, 3.8) is 0 Å². The molecule has 1 fully saturated rings. The lowest BCUT2D eigenvalue weighted by Crippen LogP contribution is -2.19. The van der Waals surface area contributed by atoms with Crippen molar-refractivity contribution < 1.29 is 4.74 Å². The number of halogens is 3. The summed E-state index contributed by atoms with van der Waals surface area (Å²) in [4.78, 5) is 0. The molecule has 48 valence electrons. The van der Waals surface area contributed by atoms with Gasteiger partial charge in [-0.15, -0.1) is 0 Å². The maximum Gasteiger partial charge on any atom is 0.163 e. The van der Waals surface area contributed by atoms with Crippen LogP contribution in [0.15, 0.2) is 0 Å². The first-order valence-electron chi connectivity index (χ1n) is 2.26. The lowest BCUT2D eigenvalue weighted by Gasteiger charge is -2.12. The number of ether oxygens (including phenoxy) is 1. The Labute approximate surface area is 62.9 Å². The molecule has 1 atom stereocenters. The van der Waals surface area contributed by atoms with Crippen molar-refractivity contribution in [2.45, 2.75) is 16.3 Å². The molecule has 1 unspecified atom stereocenters. The van der Waals surface area contributed by atoms with Crippen LogP contribution in [-0.2, 0) is 4.74 Å². The monoisotopic (exact) mass is 174 g/mol. The summed E-state index contributed by atoms with van der Waals surface area (Å²) in [7, 11) is 0. The van der Waals surface area contributed by atoms with Gasteiger partial charge in [-0.05, 0) is 0 Å². The first-order valence-corrected chi connectivity index (χ1v) is 3.46. The standard InChI is InChI=1S/C4H5Cl3O/c5-3-4(6,7)1-2-8-3/h3H,1-2H2. The highest BCUT2D eigenvalue weighted by Gasteiger charge is 2.39. The maximum atomic E-state index is 5.63. The summed E-state index contributed by atoms with van der Waals surface area (Å²) in [5, 5.41) is 0. The molecule has 0 aromatic rings. The van der Waals surface area contributed by atoms with Gasteiger partial charge in [-0.2, -0.15) is 0 Å². The summed E-state index contributed by atoms with van der Waals surface area (Å²) >= 11 is 16.8. The molecule has 8 heavy (non-hydrogen) atoms. The van der Waals surface area contributed by atoms with Crippen LogP contribution in [0.1, 0.15) is 6.42 Å². The molecular formula is C4H5Cl3O. The summed E-state index contributed by atoms with van der Waals surface area (Å²) in [5.41, 5.74) is -0.536. The fraction of sp³-hybridized carbons (Fsp3) is 1.00. The third kappa shape index (κ3) is 1.21. The topological polar surface area (TPSA) is 9.23 Å². The Balaban J connectivity index is 2.54. The molecule has 1 aliphatic heterocycles. The first kappa shape index (κ1) is 6.94. The van der Waals surface area contributed by atoms with E-state index in [1.165, 1.54) is 0 Å². The largest absolute Gasteiger partial charge is 0.359 e. The summed E-state index contributed by atoms with van der Waals surface area (Å²) < 4.78 is 4.01. The van der Waals surface area contributed by atoms with Crippen molar-refractivity contribution in [3.05, 3.63) is 0 Å². The highest BCUT2D eigenvalue weighted by Crippen LogP contribution is 2.38. The molecule has 0 amide bonds. The zero-order valence-electron chi connectivity index (χ0n) is 4.03. The van der Waals surface area contributed by atoms with Crippen LogP contribution in [0.25, 0.3) is 0 Å². The predicted octanol–water partition coefficient (Wildman–Crippen LogP) is 2.15. The van der Waals surface area contributed by atoms with E-state index < -0.39 is 9.90 Å². The lowest BCUT2D eigenvalue weighted by atomic mass is 10.4. The third-order valence-corrected chi connectivity index (χ3v) is 2.53. The molecule has 0 radical (unpaired) electrons. The first-order chi connectivity index (χ1) is 3.63. The Kier molecular flexibility index (Phi) is 1.93. The fourth-order valence-electron chi connectivity index (χ4n) is 0.534. The van der Waals surface area contributed by atoms with E-state index in [9.17, 15) is 0 Å². The Morgan fingerprint density at radius 2 is 2.12 bits per heavy atom. The molecule has 1 rings (SSSR count). The molecule has 0 aromatic carbocycles. The zero-order valence-corrected chi connectivity index (χ0v) is 6.30. The van der Waals surface area contributed by atoms with E-state index in [0.29, 0.717) is 13.0 Å². The van der Waals surface area contributed by atoms with Crippen LogP contribution >= 0.6 is 34.8 Å². The van der Waals surface area contributed by atoms with Crippen LogP contribution in [0.5, 0.6) is 0 Å². The van der Waals surface area contributed by atoms with Crippen LogP contribution in [-0.4, -0.2) is 16.5 Å². The molecule has 0 aliphatic carbocycles. The van der Waals surface area contributed by atoms with Gasteiger partial charge in [0, 0.05) is 6.42 Å². The molecule has 0 spiro atoms. The van der Waals surface area contributed by atoms with Crippen LogP contribution in [0.2, 0.25) is 0 Å². The molecule has 0 saturated carbocycles. The second kappa shape index (κ2) is 2.22. The van der Waals surface area contributed by atoms with Gasteiger partial charge < -0.3 is 4.74 Å². The van der Waals surface area contributed by atoms with E-state index in [1.807, 2.05) is 0 Å². The zero-order chi connectivity index (χ0) is 6.20. The fourth-order valence-corrected chi connectivity index (χ4v) is 1.01. The summed E-state index contributed by atoms with van der Waals surface area (Å²) in [6, 6.07) is 0. The van der Waals surface area contributed by atoms with Crippen molar-refractivity contribution in [2.75, 3.05) is 6.61 Å². The van der Waals surface area contributed by atoms with E-state index in [2.05, 4.69) is 0 Å². The van der Waals surface area contributed by atoms with Crippen LogP contribution in [0, 0.1) is 0 Å². The average Bonchev–Trinajstić information content (AvgIpc) is 1.86. The molecule has 1 aliphatic rings. The number of hydrogen-bond donors (Lipinski definition) is 0. The smallest absolute Gasteiger partial charge is 0.163 e. The SMILES string of the molecule is ClC1OCCC1(Cl)Cl. The summed E-state index contributed by atoms with van der Waals surface area (Å²) in [6.45, 7) is 0.557. The minimum Gasteiger partial charge on any atom is -0.359 e. The van der Waals surface area contributed by atoms with Crippen molar-refractivity contribution >= 4 is 34.8 Å². The molecule has 0 aromatic heterocycles. The van der Waals surface area contributed by atoms with Crippen LogP contribution in [0.3, 0.4) is 0 Å². The van der Waals surface area contributed by atoms with E-state index in [-0.39, 0.29) is 0 Å². The maximum absolute atomic E-state index is 5.63. The van der Waals surface area contributed by atoms with Gasteiger partial charge in [0.15, 0.2) is 9.90 Å². The number of rotatable bonds is 0. The minimum absolute atomic E-state index is 0.536.